The third kappa shape index (κ3) is 6.09. The number of amides is 1. The third-order valence-corrected chi connectivity index (χ3v) is 6.44. The van der Waals surface area contributed by atoms with Crippen molar-refractivity contribution in [1.82, 2.24) is 14.9 Å². The molecule has 1 heterocycles. The number of anilines is 2. The molecule has 1 aliphatic carbocycles. The van der Waals surface area contributed by atoms with Crippen molar-refractivity contribution in [3.8, 4) is 0 Å². The number of hydrogen-bond acceptors (Lipinski definition) is 5. The molecule has 0 bridgehead atoms. The quantitative estimate of drug-likeness (QED) is 0.503. The van der Waals surface area contributed by atoms with Gasteiger partial charge < -0.3 is 5.32 Å². The molecule has 0 radical (unpaired) electrons. The van der Waals surface area contributed by atoms with Crippen molar-refractivity contribution in [2.75, 3.05) is 38.0 Å². The summed E-state index contributed by atoms with van der Waals surface area (Å²) in [5.74, 6) is -0.244. The minimum Gasteiger partial charge on any atom is -0.356 e. The van der Waals surface area contributed by atoms with Gasteiger partial charge in [-0.1, -0.05) is 45.0 Å². The first-order chi connectivity index (χ1) is 15.3. The molecule has 0 unspecified atom stereocenters. The van der Waals surface area contributed by atoms with Crippen molar-refractivity contribution >= 4 is 17.3 Å². The van der Waals surface area contributed by atoms with E-state index >= 15 is 0 Å². The molecule has 0 atom stereocenters. The number of rotatable bonds is 7. The standard InChI is InChI=1S/C26H36N4O2/c1-26(2,3)21-6-10-23(11-7-21)27-22-8-4-20(5-9-22)18-30(32)25(31)19-28-14-16-29(17-15-28)24-12-13-24/h4-11,24,27,32H,12-19H2,1-3H3. The molecule has 0 spiro atoms. The van der Waals surface area contributed by atoms with Gasteiger partial charge in [-0.05, 0) is 53.6 Å². The van der Waals surface area contributed by atoms with Gasteiger partial charge in [-0.15, -0.1) is 0 Å². The van der Waals surface area contributed by atoms with Crippen molar-refractivity contribution in [2.24, 2.45) is 0 Å². The summed E-state index contributed by atoms with van der Waals surface area (Å²) in [6.45, 7) is 10.9. The van der Waals surface area contributed by atoms with Crippen LogP contribution < -0.4 is 5.32 Å². The molecule has 2 fully saturated rings. The van der Waals surface area contributed by atoms with Crippen molar-refractivity contribution < 1.29 is 10.0 Å². The summed E-state index contributed by atoms with van der Waals surface area (Å²) in [4.78, 5) is 17.1. The van der Waals surface area contributed by atoms with E-state index in [-0.39, 0.29) is 24.4 Å². The normalized spacial score (nSPS) is 17.9. The minimum absolute atomic E-state index is 0.138. The van der Waals surface area contributed by atoms with Crippen LogP contribution in [0.1, 0.15) is 44.7 Å². The van der Waals surface area contributed by atoms with Gasteiger partial charge in [-0.2, -0.15) is 0 Å². The number of carbonyl (C=O) groups is 1. The van der Waals surface area contributed by atoms with Crippen LogP contribution in [-0.4, -0.2) is 64.7 Å². The van der Waals surface area contributed by atoms with Gasteiger partial charge in [0, 0.05) is 43.6 Å². The average Bonchev–Trinajstić information content (AvgIpc) is 3.61. The maximum atomic E-state index is 12.5. The van der Waals surface area contributed by atoms with E-state index in [2.05, 4.69) is 60.2 Å². The molecular formula is C26H36N4O2. The topological polar surface area (TPSA) is 59.1 Å². The molecule has 2 aromatic carbocycles. The minimum atomic E-state index is -0.244. The summed E-state index contributed by atoms with van der Waals surface area (Å²) >= 11 is 0. The average molecular weight is 437 g/mol. The van der Waals surface area contributed by atoms with Crippen LogP contribution in [0.25, 0.3) is 0 Å². The molecule has 4 rings (SSSR count). The second-order valence-corrected chi connectivity index (χ2v) is 10.1. The Morgan fingerprint density at radius 1 is 0.969 bits per heavy atom. The largest absolute Gasteiger partial charge is 0.356 e. The number of nitrogens with zero attached hydrogens (tertiary/aromatic N) is 3. The summed E-state index contributed by atoms with van der Waals surface area (Å²) in [7, 11) is 0. The molecule has 1 amide bonds. The highest BCUT2D eigenvalue weighted by Crippen LogP contribution is 2.27. The highest BCUT2D eigenvalue weighted by atomic mass is 16.5. The maximum Gasteiger partial charge on any atom is 0.260 e. The molecule has 6 nitrogen and oxygen atoms in total. The van der Waals surface area contributed by atoms with Crippen molar-refractivity contribution in [2.45, 2.75) is 51.6 Å². The molecule has 0 aromatic heterocycles. The number of hydrogen-bond donors (Lipinski definition) is 2. The number of nitrogens with one attached hydrogen (secondary N) is 1. The van der Waals surface area contributed by atoms with Crippen LogP contribution in [0.4, 0.5) is 11.4 Å². The zero-order valence-corrected chi connectivity index (χ0v) is 19.6. The van der Waals surface area contributed by atoms with Gasteiger partial charge in [0.05, 0.1) is 13.1 Å². The zero-order chi connectivity index (χ0) is 22.7. The Bertz CT molecular complexity index is 893. The van der Waals surface area contributed by atoms with E-state index in [0.29, 0.717) is 0 Å². The van der Waals surface area contributed by atoms with E-state index in [9.17, 15) is 10.0 Å². The Labute approximate surface area is 191 Å². The van der Waals surface area contributed by atoms with Gasteiger partial charge in [0.2, 0.25) is 0 Å². The number of hydroxylamine groups is 2. The molecule has 1 saturated heterocycles. The Morgan fingerprint density at radius 2 is 1.53 bits per heavy atom. The number of carbonyl (C=O) groups excluding carboxylic acids is 1. The Hall–Kier alpha value is -2.41. The van der Waals surface area contributed by atoms with E-state index in [1.807, 2.05) is 24.3 Å². The predicted molar refractivity (Wildman–Crippen MR) is 128 cm³/mol. The smallest absolute Gasteiger partial charge is 0.260 e. The fraction of sp³-hybridized carbons (Fsp3) is 0.500. The maximum absolute atomic E-state index is 12.5. The van der Waals surface area contributed by atoms with Crippen LogP contribution in [0.15, 0.2) is 48.5 Å². The second-order valence-electron chi connectivity index (χ2n) is 10.1. The van der Waals surface area contributed by atoms with Gasteiger partial charge in [-0.3, -0.25) is 19.8 Å². The Morgan fingerprint density at radius 3 is 2.06 bits per heavy atom. The molecule has 172 valence electrons. The van der Waals surface area contributed by atoms with Crippen LogP contribution in [0.2, 0.25) is 0 Å². The van der Waals surface area contributed by atoms with Gasteiger partial charge >= 0.3 is 0 Å². The molecule has 2 aromatic rings. The van der Waals surface area contributed by atoms with Crippen LogP contribution in [-0.2, 0) is 16.8 Å². The van der Waals surface area contributed by atoms with E-state index in [4.69, 9.17) is 0 Å². The second kappa shape index (κ2) is 9.61. The Balaban J connectivity index is 1.24. The lowest BCUT2D eigenvalue weighted by Gasteiger charge is -2.34. The van der Waals surface area contributed by atoms with Gasteiger partial charge in [0.25, 0.3) is 5.91 Å². The van der Waals surface area contributed by atoms with E-state index < -0.39 is 0 Å². The summed E-state index contributed by atoms with van der Waals surface area (Å²) < 4.78 is 0. The lowest BCUT2D eigenvalue weighted by Crippen LogP contribution is -2.50. The molecule has 1 aliphatic heterocycles. The fourth-order valence-electron chi connectivity index (χ4n) is 4.17. The van der Waals surface area contributed by atoms with Gasteiger partial charge in [0.15, 0.2) is 0 Å². The molecular weight excluding hydrogens is 400 g/mol. The van der Waals surface area contributed by atoms with Gasteiger partial charge in [-0.25, -0.2) is 5.06 Å². The SMILES string of the molecule is CC(C)(C)c1ccc(Nc2ccc(CN(O)C(=O)CN3CCN(C4CC4)CC3)cc2)cc1. The molecule has 6 heteroatoms. The van der Waals surface area contributed by atoms with Crippen molar-refractivity contribution in [3.05, 3.63) is 59.7 Å². The summed E-state index contributed by atoms with van der Waals surface area (Å²) in [5, 5.41) is 14.5. The van der Waals surface area contributed by atoms with Crippen molar-refractivity contribution in [1.29, 1.82) is 0 Å². The molecule has 32 heavy (non-hydrogen) atoms. The third-order valence-electron chi connectivity index (χ3n) is 6.44. The first-order valence-corrected chi connectivity index (χ1v) is 11.7. The fourth-order valence-corrected chi connectivity index (χ4v) is 4.17. The predicted octanol–water partition coefficient (Wildman–Crippen LogP) is 4.23. The summed E-state index contributed by atoms with van der Waals surface area (Å²) in [6.07, 6.45) is 2.64. The molecule has 2 aliphatic rings. The summed E-state index contributed by atoms with van der Waals surface area (Å²) in [6, 6.07) is 17.1. The number of benzene rings is 2. The van der Waals surface area contributed by atoms with Crippen LogP contribution in [0.3, 0.4) is 0 Å². The van der Waals surface area contributed by atoms with Crippen LogP contribution in [0.5, 0.6) is 0 Å². The van der Waals surface area contributed by atoms with Crippen LogP contribution >= 0.6 is 0 Å². The number of piperazine rings is 1. The highest BCUT2D eigenvalue weighted by molar-refractivity contribution is 5.77. The van der Waals surface area contributed by atoms with Crippen molar-refractivity contribution in [3.63, 3.8) is 0 Å². The zero-order valence-electron chi connectivity index (χ0n) is 19.6. The van der Waals surface area contributed by atoms with E-state index in [1.54, 1.807) is 0 Å². The van der Waals surface area contributed by atoms with Gasteiger partial charge in [0.1, 0.15) is 0 Å². The van der Waals surface area contributed by atoms with Crippen LogP contribution in [0, 0.1) is 0 Å². The Kier molecular flexibility index (Phi) is 6.84. The highest BCUT2D eigenvalue weighted by Gasteiger charge is 2.31. The summed E-state index contributed by atoms with van der Waals surface area (Å²) in [5.41, 5.74) is 4.34. The lowest BCUT2D eigenvalue weighted by atomic mass is 9.87. The first kappa shape index (κ1) is 22.8. The van der Waals surface area contributed by atoms with E-state index in [1.165, 1.54) is 18.4 Å². The molecule has 2 N–H and O–H groups in total. The monoisotopic (exact) mass is 436 g/mol. The lowest BCUT2D eigenvalue weighted by molar-refractivity contribution is -0.169. The van der Waals surface area contributed by atoms with E-state index in [0.717, 1.165) is 54.2 Å². The first-order valence-electron chi connectivity index (χ1n) is 11.7. The molecule has 1 saturated carbocycles.